The van der Waals surface area contributed by atoms with Crippen molar-refractivity contribution in [3.63, 3.8) is 0 Å². The molecule has 2 aromatic heterocycles. The average molecular weight is 252 g/mol. The molecule has 2 aromatic rings. The van der Waals surface area contributed by atoms with E-state index in [1.165, 1.54) is 6.20 Å². The molecule has 0 aliphatic heterocycles. The Labute approximate surface area is 102 Å². The summed E-state index contributed by atoms with van der Waals surface area (Å²) in [6.07, 6.45) is 1.32. The van der Waals surface area contributed by atoms with Crippen molar-refractivity contribution in [2.75, 3.05) is 5.73 Å². The fraction of sp³-hybridized carbons (Fsp3) is 0.200. The largest absolute Gasteiger partial charge is 0.396 e. The minimum atomic E-state index is -0.496. The van der Waals surface area contributed by atoms with Crippen molar-refractivity contribution >= 4 is 17.3 Å². The highest BCUT2D eigenvalue weighted by molar-refractivity contribution is 6.32. The van der Waals surface area contributed by atoms with Gasteiger partial charge in [0.1, 0.15) is 10.8 Å². The van der Waals surface area contributed by atoms with Crippen LogP contribution < -0.4 is 11.3 Å². The van der Waals surface area contributed by atoms with Crippen molar-refractivity contribution in [3.8, 4) is 5.82 Å². The lowest BCUT2D eigenvalue weighted by molar-refractivity contribution is 0.769. The van der Waals surface area contributed by atoms with Gasteiger partial charge in [0, 0.05) is 11.8 Å². The summed E-state index contributed by atoms with van der Waals surface area (Å²) in [4.78, 5) is 20.1. The first-order chi connectivity index (χ1) is 7.99. The van der Waals surface area contributed by atoms with Crippen LogP contribution in [-0.2, 0) is 0 Å². The Balaban J connectivity index is 2.69. The molecule has 0 fully saturated rings. The molecule has 6 nitrogen and oxygen atoms in total. The highest BCUT2D eigenvalue weighted by Gasteiger charge is 2.10. The summed E-state index contributed by atoms with van der Waals surface area (Å²) in [6, 6.07) is 1.65. The molecule has 7 heteroatoms. The Kier molecular flexibility index (Phi) is 2.81. The van der Waals surface area contributed by atoms with Crippen molar-refractivity contribution in [2.24, 2.45) is 0 Å². The van der Waals surface area contributed by atoms with E-state index in [9.17, 15) is 4.79 Å². The number of hydrogen-bond donors (Lipinski definition) is 1. The van der Waals surface area contributed by atoms with Gasteiger partial charge in [-0.3, -0.25) is 4.79 Å². The summed E-state index contributed by atoms with van der Waals surface area (Å²) in [5.41, 5.74) is 5.88. The van der Waals surface area contributed by atoms with Crippen LogP contribution in [-0.4, -0.2) is 19.7 Å². The maximum Gasteiger partial charge on any atom is 0.293 e. The molecule has 0 bridgehead atoms. The highest BCUT2D eigenvalue weighted by atomic mass is 35.5. The Morgan fingerprint density at radius 3 is 2.71 bits per heavy atom. The third-order valence-corrected chi connectivity index (χ3v) is 2.50. The van der Waals surface area contributed by atoms with Gasteiger partial charge >= 0.3 is 0 Å². The molecule has 2 heterocycles. The number of hydrogen-bond acceptors (Lipinski definition) is 5. The predicted octanol–water partition coefficient (Wildman–Crippen LogP) is 0.875. The zero-order valence-corrected chi connectivity index (χ0v) is 10.1. The molecule has 0 saturated heterocycles. The van der Waals surface area contributed by atoms with Crippen LogP contribution in [0.4, 0.5) is 5.69 Å². The summed E-state index contributed by atoms with van der Waals surface area (Å²) in [7, 11) is 0. The lowest BCUT2D eigenvalue weighted by Gasteiger charge is -2.06. The summed E-state index contributed by atoms with van der Waals surface area (Å²) in [6.45, 7) is 3.54. The van der Waals surface area contributed by atoms with Gasteiger partial charge < -0.3 is 5.73 Å². The number of nitrogen functional groups attached to an aromatic ring is 1. The third-order valence-electron chi connectivity index (χ3n) is 2.12. The van der Waals surface area contributed by atoms with E-state index < -0.39 is 5.56 Å². The molecule has 0 unspecified atom stereocenters. The third kappa shape index (κ3) is 2.12. The number of rotatable bonds is 1. The number of nitrogens with zero attached hydrogens (tertiary/aromatic N) is 4. The molecular weight excluding hydrogens is 242 g/mol. The Morgan fingerprint density at radius 1 is 1.35 bits per heavy atom. The molecule has 2 rings (SSSR count). The number of nitrogens with two attached hydrogens (primary N) is 1. The van der Waals surface area contributed by atoms with Gasteiger partial charge in [-0.05, 0) is 13.8 Å². The Morgan fingerprint density at radius 2 is 2.06 bits per heavy atom. The monoisotopic (exact) mass is 251 g/mol. The van der Waals surface area contributed by atoms with Crippen LogP contribution in [0.15, 0.2) is 17.1 Å². The van der Waals surface area contributed by atoms with Gasteiger partial charge in [0.25, 0.3) is 5.56 Å². The zero-order valence-electron chi connectivity index (χ0n) is 9.31. The van der Waals surface area contributed by atoms with Crippen LogP contribution in [0.3, 0.4) is 0 Å². The normalized spacial score (nSPS) is 10.5. The van der Waals surface area contributed by atoms with Gasteiger partial charge in [0.05, 0.1) is 11.9 Å². The first-order valence-corrected chi connectivity index (χ1v) is 5.23. The summed E-state index contributed by atoms with van der Waals surface area (Å²) < 4.78 is 1.10. The topological polar surface area (TPSA) is 86.7 Å². The van der Waals surface area contributed by atoms with Crippen molar-refractivity contribution in [1.82, 2.24) is 19.7 Å². The first-order valence-electron chi connectivity index (χ1n) is 4.85. The Bertz CT molecular complexity index is 617. The minimum absolute atomic E-state index is 0.0612. The summed E-state index contributed by atoms with van der Waals surface area (Å²) in [5.74, 6) is 0.934. The summed E-state index contributed by atoms with van der Waals surface area (Å²) >= 11 is 5.77. The molecule has 0 saturated carbocycles. The summed E-state index contributed by atoms with van der Waals surface area (Å²) in [5, 5.41) is 3.83. The molecule has 0 aromatic carbocycles. The van der Waals surface area contributed by atoms with Gasteiger partial charge in [0.15, 0.2) is 5.82 Å². The highest BCUT2D eigenvalue weighted by Crippen LogP contribution is 2.12. The lowest BCUT2D eigenvalue weighted by Crippen LogP contribution is -2.23. The van der Waals surface area contributed by atoms with Crippen LogP contribution in [0.5, 0.6) is 0 Å². The van der Waals surface area contributed by atoms with E-state index in [0.717, 1.165) is 10.4 Å². The van der Waals surface area contributed by atoms with Crippen LogP contribution >= 0.6 is 11.6 Å². The van der Waals surface area contributed by atoms with E-state index in [2.05, 4.69) is 15.1 Å². The lowest BCUT2D eigenvalue weighted by atomic mass is 10.4. The van der Waals surface area contributed by atoms with E-state index >= 15 is 0 Å². The number of halogens is 1. The number of aryl methyl sites for hydroxylation is 2. The quantitative estimate of drug-likeness (QED) is 0.813. The predicted molar refractivity (Wildman–Crippen MR) is 64.3 cm³/mol. The molecule has 88 valence electrons. The molecule has 0 radical (unpaired) electrons. The van der Waals surface area contributed by atoms with Gasteiger partial charge in [-0.1, -0.05) is 11.6 Å². The van der Waals surface area contributed by atoms with Crippen molar-refractivity contribution in [2.45, 2.75) is 13.8 Å². The molecule has 17 heavy (non-hydrogen) atoms. The first kappa shape index (κ1) is 11.5. The van der Waals surface area contributed by atoms with E-state index in [-0.39, 0.29) is 10.7 Å². The van der Waals surface area contributed by atoms with E-state index in [4.69, 9.17) is 17.3 Å². The average Bonchev–Trinajstić information content (AvgIpc) is 2.24. The van der Waals surface area contributed by atoms with Crippen LogP contribution in [0, 0.1) is 13.8 Å². The number of anilines is 1. The van der Waals surface area contributed by atoms with Gasteiger partial charge in [-0.2, -0.15) is 9.78 Å². The van der Waals surface area contributed by atoms with Crippen molar-refractivity contribution in [1.29, 1.82) is 0 Å². The second kappa shape index (κ2) is 4.14. The fourth-order valence-corrected chi connectivity index (χ4v) is 1.54. The molecular formula is C10H10ClN5O. The minimum Gasteiger partial charge on any atom is -0.396 e. The molecule has 0 amide bonds. The smallest absolute Gasteiger partial charge is 0.293 e. The number of aromatic nitrogens is 4. The van der Waals surface area contributed by atoms with Crippen molar-refractivity contribution < 1.29 is 0 Å². The molecule has 0 aliphatic carbocycles. The van der Waals surface area contributed by atoms with Crippen LogP contribution in [0.1, 0.15) is 11.5 Å². The zero-order chi connectivity index (χ0) is 12.6. The van der Waals surface area contributed by atoms with E-state index in [1.807, 2.05) is 6.92 Å². The standard InChI is InChI=1S/C10H10ClN5O/c1-5-3-8(15-6(2)14-5)16-10(17)9(11)7(12)4-13-16/h3-4H,12H2,1-2H3. The Hall–Kier alpha value is -1.95. The SMILES string of the molecule is Cc1cc(-n2ncc(N)c(Cl)c2=O)nc(C)n1. The molecule has 2 N–H and O–H groups in total. The van der Waals surface area contributed by atoms with Crippen LogP contribution in [0.25, 0.3) is 5.82 Å². The molecule has 0 spiro atoms. The van der Waals surface area contributed by atoms with Crippen LogP contribution in [0.2, 0.25) is 5.02 Å². The maximum atomic E-state index is 11.8. The second-order valence-electron chi connectivity index (χ2n) is 3.55. The molecule has 0 atom stereocenters. The van der Waals surface area contributed by atoms with E-state index in [1.54, 1.807) is 13.0 Å². The van der Waals surface area contributed by atoms with E-state index in [0.29, 0.717) is 11.6 Å². The fourth-order valence-electron chi connectivity index (χ4n) is 1.41. The van der Waals surface area contributed by atoms with Gasteiger partial charge in [-0.25, -0.2) is 9.97 Å². The molecule has 0 aliphatic rings. The maximum absolute atomic E-state index is 11.8. The second-order valence-corrected chi connectivity index (χ2v) is 3.92. The van der Waals surface area contributed by atoms with Gasteiger partial charge in [0.2, 0.25) is 0 Å². The van der Waals surface area contributed by atoms with Gasteiger partial charge in [-0.15, -0.1) is 0 Å². The van der Waals surface area contributed by atoms with Crippen molar-refractivity contribution in [3.05, 3.63) is 39.2 Å².